The maximum Gasteiger partial charge on any atom is 0.408 e. The number of ether oxygens (including phenoxy) is 1. The van der Waals surface area contributed by atoms with Crippen LogP contribution in [0.15, 0.2) is 0 Å². The van der Waals surface area contributed by atoms with E-state index >= 15 is 0 Å². The number of amides is 1. The molecule has 0 aromatic heterocycles. The van der Waals surface area contributed by atoms with Crippen LogP contribution in [-0.2, 0) is 9.53 Å². The van der Waals surface area contributed by atoms with Gasteiger partial charge < -0.3 is 15.2 Å². The normalized spacial score (nSPS) is 26.7. The van der Waals surface area contributed by atoms with Crippen LogP contribution in [0.25, 0.3) is 0 Å². The summed E-state index contributed by atoms with van der Waals surface area (Å²) in [5.41, 5.74) is -0.620. The molecule has 1 atom stereocenters. The molecule has 5 heteroatoms. The third-order valence-electron chi connectivity index (χ3n) is 5.77. The van der Waals surface area contributed by atoms with Gasteiger partial charge in [0.15, 0.2) is 0 Å². The van der Waals surface area contributed by atoms with Crippen LogP contribution in [0.4, 0.5) is 4.79 Å². The number of carboxylic acids is 1. The molecule has 0 radical (unpaired) electrons. The lowest BCUT2D eigenvalue weighted by molar-refractivity contribution is -0.140. The SMILES string of the molecule is CC(C)(C)OC(=O)NC(CC1CCC(C2CCCCC2)CC1)C(=O)O. The van der Waals surface area contributed by atoms with Gasteiger partial charge in [-0.25, -0.2) is 9.59 Å². The highest BCUT2D eigenvalue weighted by molar-refractivity contribution is 5.80. The number of hydrogen-bond donors (Lipinski definition) is 2. The first kappa shape index (κ1) is 20.1. The number of hydrogen-bond acceptors (Lipinski definition) is 3. The Morgan fingerprint density at radius 1 is 1.00 bits per heavy atom. The zero-order valence-electron chi connectivity index (χ0n) is 16.1. The van der Waals surface area contributed by atoms with Gasteiger partial charge in [0, 0.05) is 0 Å². The number of rotatable bonds is 5. The lowest BCUT2D eigenvalue weighted by Crippen LogP contribution is -2.44. The maximum absolute atomic E-state index is 11.9. The highest BCUT2D eigenvalue weighted by Crippen LogP contribution is 2.40. The number of carbonyl (C=O) groups excluding carboxylic acids is 1. The number of carbonyl (C=O) groups is 2. The van der Waals surface area contributed by atoms with Gasteiger partial charge in [0.1, 0.15) is 11.6 Å². The van der Waals surface area contributed by atoms with Crippen LogP contribution in [0.2, 0.25) is 0 Å². The van der Waals surface area contributed by atoms with E-state index in [0.29, 0.717) is 12.3 Å². The Hall–Kier alpha value is -1.26. The lowest BCUT2D eigenvalue weighted by Gasteiger charge is -2.36. The predicted molar refractivity (Wildman–Crippen MR) is 97.4 cm³/mol. The molecule has 0 aliphatic heterocycles. The molecule has 1 unspecified atom stereocenters. The summed E-state index contributed by atoms with van der Waals surface area (Å²) in [6, 6.07) is -0.855. The first-order valence-electron chi connectivity index (χ1n) is 9.97. The molecule has 5 nitrogen and oxygen atoms in total. The Morgan fingerprint density at radius 3 is 2.08 bits per heavy atom. The maximum atomic E-state index is 11.9. The van der Waals surface area contributed by atoms with E-state index in [1.54, 1.807) is 20.8 Å². The molecule has 0 heterocycles. The van der Waals surface area contributed by atoms with Crippen LogP contribution in [0, 0.1) is 17.8 Å². The van der Waals surface area contributed by atoms with Crippen LogP contribution < -0.4 is 5.32 Å². The molecule has 0 saturated heterocycles. The largest absolute Gasteiger partial charge is 0.480 e. The lowest BCUT2D eigenvalue weighted by atomic mass is 9.70. The summed E-state index contributed by atoms with van der Waals surface area (Å²) < 4.78 is 5.19. The molecule has 2 rings (SSSR count). The molecule has 0 bridgehead atoms. The van der Waals surface area contributed by atoms with Crippen molar-refractivity contribution >= 4 is 12.1 Å². The van der Waals surface area contributed by atoms with Gasteiger partial charge in [-0.15, -0.1) is 0 Å². The summed E-state index contributed by atoms with van der Waals surface area (Å²) in [5, 5.41) is 12.0. The Morgan fingerprint density at radius 2 is 1.56 bits per heavy atom. The quantitative estimate of drug-likeness (QED) is 0.748. The molecule has 2 saturated carbocycles. The van der Waals surface area contributed by atoms with E-state index < -0.39 is 23.7 Å². The third-order valence-corrected chi connectivity index (χ3v) is 5.77. The van der Waals surface area contributed by atoms with Crippen LogP contribution in [0.5, 0.6) is 0 Å². The van der Waals surface area contributed by atoms with Crippen LogP contribution >= 0.6 is 0 Å². The summed E-state index contributed by atoms with van der Waals surface area (Å²) in [6.45, 7) is 5.32. The van der Waals surface area contributed by atoms with Gasteiger partial charge in [-0.3, -0.25) is 0 Å². The van der Waals surface area contributed by atoms with E-state index in [9.17, 15) is 14.7 Å². The highest BCUT2D eigenvalue weighted by Gasteiger charge is 2.32. The molecule has 2 aliphatic carbocycles. The van der Waals surface area contributed by atoms with E-state index in [1.807, 2.05) is 0 Å². The van der Waals surface area contributed by atoms with Crippen molar-refractivity contribution in [3.8, 4) is 0 Å². The standard InChI is InChI=1S/C20H35NO4/c1-20(2,3)25-19(24)21-17(18(22)23)13-14-9-11-16(12-10-14)15-7-5-4-6-8-15/h14-17H,4-13H2,1-3H3,(H,21,24)(H,22,23). The minimum absolute atomic E-state index is 0.385. The first-order chi connectivity index (χ1) is 11.7. The molecule has 2 N–H and O–H groups in total. The first-order valence-corrected chi connectivity index (χ1v) is 9.97. The number of aliphatic carboxylic acids is 1. The minimum atomic E-state index is -0.972. The van der Waals surface area contributed by atoms with Crippen molar-refractivity contribution in [1.29, 1.82) is 0 Å². The van der Waals surface area contributed by atoms with E-state index in [4.69, 9.17) is 4.74 Å². The molecular weight excluding hydrogens is 318 g/mol. The average Bonchev–Trinajstić information content (AvgIpc) is 2.54. The minimum Gasteiger partial charge on any atom is -0.480 e. The average molecular weight is 354 g/mol. The van der Waals surface area contributed by atoms with Gasteiger partial charge >= 0.3 is 12.1 Å². The molecule has 0 spiro atoms. The Kier molecular flexibility index (Phi) is 7.14. The van der Waals surface area contributed by atoms with Crippen molar-refractivity contribution in [1.82, 2.24) is 5.32 Å². The van der Waals surface area contributed by atoms with Gasteiger partial charge in [0.25, 0.3) is 0 Å². The van der Waals surface area contributed by atoms with Gasteiger partial charge in [0.2, 0.25) is 0 Å². The third kappa shape index (κ3) is 6.87. The summed E-state index contributed by atoms with van der Waals surface area (Å²) in [6.07, 6.45) is 11.4. The Bertz CT molecular complexity index is 443. The highest BCUT2D eigenvalue weighted by atomic mass is 16.6. The fourth-order valence-electron chi connectivity index (χ4n) is 4.51. The van der Waals surface area contributed by atoms with Crippen LogP contribution in [-0.4, -0.2) is 28.8 Å². The van der Waals surface area contributed by atoms with Crippen molar-refractivity contribution in [3.05, 3.63) is 0 Å². The molecule has 2 fully saturated rings. The van der Waals surface area contributed by atoms with Gasteiger partial charge in [-0.1, -0.05) is 44.9 Å². The second-order valence-electron chi connectivity index (χ2n) is 8.95. The molecule has 1 amide bonds. The van der Waals surface area contributed by atoms with E-state index in [2.05, 4.69) is 5.32 Å². The van der Waals surface area contributed by atoms with Crippen molar-refractivity contribution in [3.63, 3.8) is 0 Å². The molecule has 0 aromatic rings. The van der Waals surface area contributed by atoms with Gasteiger partial charge in [-0.05, 0) is 57.8 Å². The topological polar surface area (TPSA) is 75.6 Å². The fraction of sp³-hybridized carbons (Fsp3) is 0.900. The van der Waals surface area contributed by atoms with E-state index in [-0.39, 0.29) is 0 Å². The van der Waals surface area contributed by atoms with Crippen LogP contribution in [0.1, 0.15) is 85.0 Å². The Labute approximate surface area is 151 Å². The van der Waals surface area contributed by atoms with Crippen LogP contribution in [0.3, 0.4) is 0 Å². The zero-order valence-corrected chi connectivity index (χ0v) is 16.1. The fourth-order valence-corrected chi connectivity index (χ4v) is 4.51. The van der Waals surface area contributed by atoms with Crippen molar-refractivity contribution in [2.24, 2.45) is 17.8 Å². The molecule has 144 valence electrons. The predicted octanol–water partition coefficient (Wildman–Crippen LogP) is 4.74. The number of carboxylic acid groups (broad SMARTS) is 1. The summed E-state index contributed by atoms with van der Waals surface area (Å²) >= 11 is 0. The van der Waals surface area contributed by atoms with E-state index in [0.717, 1.165) is 24.7 Å². The molecule has 0 aromatic carbocycles. The van der Waals surface area contributed by atoms with E-state index in [1.165, 1.54) is 44.9 Å². The Balaban J connectivity index is 1.78. The summed E-state index contributed by atoms with van der Waals surface area (Å²) in [7, 11) is 0. The number of alkyl carbamates (subject to hydrolysis) is 1. The van der Waals surface area contributed by atoms with Crippen molar-refractivity contribution in [2.45, 2.75) is 96.6 Å². The van der Waals surface area contributed by atoms with Crippen molar-refractivity contribution < 1.29 is 19.4 Å². The zero-order chi connectivity index (χ0) is 18.4. The van der Waals surface area contributed by atoms with Gasteiger partial charge in [0.05, 0.1) is 0 Å². The monoisotopic (exact) mass is 353 g/mol. The molecule has 2 aliphatic rings. The smallest absolute Gasteiger partial charge is 0.408 e. The summed E-state index contributed by atoms with van der Waals surface area (Å²) in [5.74, 6) is 1.14. The second-order valence-corrected chi connectivity index (χ2v) is 8.95. The van der Waals surface area contributed by atoms with Crippen molar-refractivity contribution in [2.75, 3.05) is 0 Å². The van der Waals surface area contributed by atoms with Gasteiger partial charge in [-0.2, -0.15) is 0 Å². The molecule has 25 heavy (non-hydrogen) atoms. The summed E-state index contributed by atoms with van der Waals surface area (Å²) in [4.78, 5) is 23.4. The second kappa shape index (κ2) is 8.91. The molecular formula is C20H35NO4. The number of nitrogens with one attached hydrogen (secondary N) is 1.